The van der Waals surface area contributed by atoms with Crippen molar-refractivity contribution in [2.75, 3.05) is 0 Å². The first-order chi connectivity index (χ1) is 7.25. The molecule has 2 aromatic rings. The van der Waals surface area contributed by atoms with Crippen molar-refractivity contribution in [1.82, 2.24) is 9.97 Å². The van der Waals surface area contributed by atoms with E-state index in [0.29, 0.717) is 5.01 Å². The van der Waals surface area contributed by atoms with Gasteiger partial charge in [-0.15, -0.1) is 11.3 Å². The van der Waals surface area contributed by atoms with Gasteiger partial charge in [-0.05, 0) is 12.1 Å². The highest BCUT2D eigenvalue weighted by molar-refractivity contribution is 8.01. The third-order valence-corrected chi connectivity index (χ3v) is 3.60. The van der Waals surface area contributed by atoms with Gasteiger partial charge in [-0.1, -0.05) is 17.8 Å². The van der Waals surface area contributed by atoms with Crippen molar-refractivity contribution < 1.29 is 4.79 Å². The van der Waals surface area contributed by atoms with Gasteiger partial charge < -0.3 is 5.73 Å². The molecule has 0 aromatic carbocycles. The molecule has 76 valence electrons. The maximum Gasteiger partial charge on any atom is 0.277 e. The third kappa shape index (κ3) is 2.54. The molecule has 0 unspecified atom stereocenters. The number of rotatable bonds is 3. The van der Waals surface area contributed by atoms with Crippen molar-refractivity contribution in [3.8, 4) is 0 Å². The van der Waals surface area contributed by atoms with Crippen LogP contribution in [-0.2, 0) is 0 Å². The highest BCUT2D eigenvalue weighted by Crippen LogP contribution is 2.30. The Labute approximate surface area is 94.6 Å². The summed E-state index contributed by atoms with van der Waals surface area (Å²) in [6.45, 7) is 0. The molecule has 15 heavy (non-hydrogen) atoms. The molecule has 0 radical (unpaired) electrons. The van der Waals surface area contributed by atoms with Crippen LogP contribution < -0.4 is 5.73 Å². The van der Waals surface area contributed by atoms with Crippen molar-refractivity contribution >= 4 is 29.0 Å². The summed E-state index contributed by atoms with van der Waals surface area (Å²) in [4.78, 5) is 18.9. The molecule has 0 saturated heterocycles. The van der Waals surface area contributed by atoms with Crippen LogP contribution >= 0.6 is 23.1 Å². The van der Waals surface area contributed by atoms with Crippen LogP contribution in [0, 0.1) is 0 Å². The average Bonchev–Trinajstić information content (AvgIpc) is 2.68. The van der Waals surface area contributed by atoms with Crippen LogP contribution in [0.5, 0.6) is 0 Å². The van der Waals surface area contributed by atoms with E-state index in [4.69, 9.17) is 5.73 Å². The number of pyridine rings is 1. The topological polar surface area (TPSA) is 68.9 Å². The van der Waals surface area contributed by atoms with Gasteiger partial charge in [0.25, 0.3) is 5.91 Å². The smallest absolute Gasteiger partial charge is 0.277 e. The number of thiazole rings is 1. The van der Waals surface area contributed by atoms with E-state index < -0.39 is 5.91 Å². The summed E-state index contributed by atoms with van der Waals surface area (Å²) in [5.41, 5.74) is 5.10. The van der Waals surface area contributed by atoms with Crippen molar-refractivity contribution in [3.05, 3.63) is 35.6 Å². The van der Waals surface area contributed by atoms with E-state index in [9.17, 15) is 4.79 Å². The highest BCUT2D eigenvalue weighted by atomic mass is 32.2. The lowest BCUT2D eigenvalue weighted by Crippen LogP contribution is -2.09. The SMILES string of the molecule is NC(=O)c1ncc(Sc2ccccn2)s1. The number of aromatic nitrogens is 2. The Bertz CT molecular complexity index is 469. The fourth-order valence-corrected chi connectivity index (χ4v) is 2.66. The van der Waals surface area contributed by atoms with Gasteiger partial charge in [0.2, 0.25) is 0 Å². The monoisotopic (exact) mass is 237 g/mol. The van der Waals surface area contributed by atoms with Crippen LogP contribution in [0.2, 0.25) is 0 Å². The number of hydrogen-bond acceptors (Lipinski definition) is 5. The van der Waals surface area contributed by atoms with E-state index in [1.165, 1.54) is 23.1 Å². The van der Waals surface area contributed by atoms with Gasteiger partial charge in [0.05, 0.1) is 10.4 Å². The maximum absolute atomic E-state index is 10.8. The second kappa shape index (κ2) is 4.41. The molecule has 0 spiro atoms. The zero-order valence-electron chi connectivity index (χ0n) is 7.58. The molecule has 4 nitrogen and oxygen atoms in total. The maximum atomic E-state index is 10.8. The van der Waals surface area contributed by atoms with Crippen molar-refractivity contribution in [2.24, 2.45) is 5.73 Å². The van der Waals surface area contributed by atoms with Crippen molar-refractivity contribution in [3.63, 3.8) is 0 Å². The molecule has 0 aliphatic heterocycles. The van der Waals surface area contributed by atoms with E-state index >= 15 is 0 Å². The molecule has 2 heterocycles. The van der Waals surface area contributed by atoms with E-state index in [2.05, 4.69) is 9.97 Å². The van der Waals surface area contributed by atoms with Crippen LogP contribution in [0.4, 0.5) is 0 Å². The lowest BCUT2D eigenvalue weighted by molar-refractivity contribution is 0.1000. The molecular formula is C9H7N3OS2. The summed E-state index contributed by atoms with van der Waals surface area (Å²) in [5, 5.41) is 1.20. The average molecular weight is 237 g/mol. The standard InChI is InChI=1S/C9H7N3OS2/c10-8(13)9-12-5-7(15-9)14-6-3-1-2-4-11-6/h1-5H,(H2,10,13). The minimum Gasteiger partial charge on any atom is -0.364 e. The van der Waals surface area contributed by atoms with Crippen LogP contribution in [0.3, 0.4) is 0 Å². The minimum absolute atomic E-state index is 0.327. The summed E-state index contributed by atoms with van der Waals surface area (Å²) < 4.78 is 0.905. The summed E-state index contributed by atoms with van der Waals surface area (Å²) >= 11 is 2.74. The summed E-state index contributed by atoms with van der Waals surface area (Å²) in [7, 11) is 0. The van der Waals surface area contributed by atoms with Gasteiger partial charge >= 0.3 is 0 Å². The van der Waals surface area contributed by atoms with Crippen LogP contribution in [0.1, 0.15) is 9.80 Å². The number of nitrogens with zero attached hydrogens (tertiary/aromatic N) is 2. The molecule has 2 rings (SSSR count). The largest absolute Gasteiger partial charge is 0.364 e. The zero-order chi connectivity index (χ0) is 10.7. The Morgan fingerprint density at radius 1 is 1.40 bits per heavy atom. The molecule has 0 aliphatic carbocycles. The normalized spacial score (nSPS) is 10.1. The third-order valence-electron chi connectivity index (χ3n) is 1.54. The number of hydrogen-bond donors (Lipinski definition) is 1. The van der Waals surface area contributed by atoms with Crippen molar-refractivity contribution in [1.29, 1.82) is 0 Å². The Morgan fingerprint density at radius 2 is 2.27 bits per heavy atom. The van der Waals surface area contributed by atoms with E-state index in [-0.39, 0.29) is 0 Å². The molecule has 0 aliphatic rings. The summed E-state index contributed by atoms with van der Waals surface area (Å²) in [5.74, 6) is -0.493. The van der Waals surface area contributed by atoms with Crippen LogP contribution in [0.15, 0.2) is 39.8 Å². The Kier molecular flexibility index (Phi) is 2.98. The minimum atomic E-state index is -0.493. The quantitative estimate of drug-likeness (QED) is 0.883. The highest BCUT2D eigenvalue weighted by Gasteiger charge is 2.08. The number of carbonyl (C=O) groups is 1. The second-order valence-corrected chi connectivity index (χ2v) is 4.97. The molecule has 0 bridgehead atoms. The first-order valence-electron chi connectivity index (χ1n) is 4.10. The lowest BCUT2D eigenvalue weighted by atomic mass is 10.5. The van der Waals surface area contributed by atoms with E-state index in [1.807, 2.05) is 18.2 Å². The molecule has 0 fully saturated rings. The Hall–Kier alpha value is -1.40. The van der Waals surface area contributed by atoms with Crippen LogP contribution in [0.25, 0.3) is 0 Å². The zero-order valence-corrected chi connectivity index (χ0v) is 9.22. The summed E-state index contributed by atoms with van der Waals surface area (Å²) in [6.07, 6.45) is 3.35. The molecule has 0 saturated carbocycles. The van der Waals surface area contributed by atoms with Gasteiger partial charge in [0.15, 0.2) is 5.01 Å². The molecular weight excluding hydrogens is 230 g/mol. The number of nitrogens with two attached hydrogens (primary N) is 1. The first-order valence-corrected chi connectivity index (χ1v) is 5.73. The molecule has 0 atom stereocenters. The lowest BCUT2D eigenvalue weighted by Gasteiger charge is -1.94. The summed E-state index contributed by atoms with van der Waals surface area (Å²) in [6, 6.07) is 5.66. The molecule has 2 N–H and O–H groups in total. The van der Waals surface area contributed by atoms with Gasteiger partial charge in [-0.2, -0.15) is 0 Å². The number of carbonyl (C=O) groups excluding carboxylic acids is 1. The Balaban J connectivity index is 2.15. The Morgan fingerprint density at radius 3 is 2.87 bits per heavy atom. The molecule has 2 aromatic heterocycles. The first kappa shape index (κ1) is 10.1. The van der Waals surface area contributed by atoms with Crippen LogP contribution in [-0.4, -0.2) is 15.9 Å². The van der Waals surface area contributed by atoms with Gasteiger partial charge in [-0.25, -0.2) is 9.97 Å². The predicted molar refractivity (Wildman–Crippen MR) is 59.0 cm³/mol. The number of primary amides is 1. The second-order valence-electron chi connectivity index (χ2n) is 2.62. The molecule has 6 heteroatoms. The molecule has 1 amide bonds. The van der Waals surface area contributed by atoms with Gasteiger partial charge in [0.1, 0.15) is 5.03 Å². The number of amides is 1. The van der Waals surface area contributed by atoms with Gasteiger partial charge in [0, 0.05) is 6.20 Å². The fourth-order valence-electron chi connectivity index (χ4n) is 0.931. The van der Waals surface area contributed by atoms with E-state index in [1.54, 1.807) is 12.4 Å². The van der Waals surface area contributed by atoms with Gasteiger partial charge in [-0.3, -0.25) is 4.79 Å². The fraction of sp³-hybridized carbons (Fsp3) is 0. The van der Waals surface area contributed by atoms with Crippen molar-refractivity contribution in [2.45, 2.75) is 9.24 Å². The van der Waals surface area contributed by atoms with E-state index in [0.717, 1.165) is 9.24 Å². The predicted octanol–water partition coefficient (Wildman–Crippen LogP) is 1.79.